The summed E-state index contributed by atoms with van der Waals surface area (Å²) in [5.41, 5.74) is 6.51. The van der Waals surface area contributed by atoms with Gasteiger partial charge >= 0.3 is 0 Å². The molecule has 0 aliphatic carbocycles. The highest BCUT2D eigenvalue weighted by Gasteiger charge is 2.13. The van der Waals surface area contributed by atoms with Crippen molar-refractivity contribution in [2.24, 2.45) is 0 Å². The van der Waals surface area contributed by atoms with E-state index in [-0.39, 0.29) is 0 Å². The van der Waals surface area contributed by atoms with Crippen LogP contribution in [0.15, 0.2) is 79.5 Å². The third-order valence-electron chi connectivity index (χ3n) is 4.63. The topological polar surface area (TPSA) is 43.6 Å². The van der Waals surface area contributed by atoms with E-state index in [2.05, 4.69) is 82.7 Å². The van der Waals surface area contributed by atoms with Crippen LogP contribution in [0.5, 0.6) is 0 Å². The van der Waals surface area contributed by atoms with Gasteiger partial charge in [-0.25, -0.2) is 4.98 Å². The van der Waals surface area contributed by atoms with E-state index in [4.69, 9.17) is 0 Å². The second kappa shape index (κ2) is 6.94. The van der Waals surface area contributed by atoms with Gasteiger partial charge in [0.25, 0.3) is 0 Å². The predicted octanol–water partition coefficient (Wildman–Crippen LogP) is 6.16. The van der Waals surface area contributed by atoms with Crippen molar-refractivity contribution in [2.75, 3.05) is 0 Å². The molecule has 0 bridgehead atoms. The molecule has 1 aromatic carbocycles. The maximum atomic E-state index is 4.54. The van der Waals surface area contributed by atoms with Crippen LogP contribution < -0.4 is 0 Å². The Morgan fingerprint density at radius 3 is 2.59 bits per heavy atom. The van der Waals surface area contributed by atoms with Crippen molar-refractivity contribution in [3.63, 3.8) is 0 Å². The van der Waals surface area contributed by atoms with E-state index in [1.165, 1.54) is 5.56 Å². The summed E-state index contributed by atoms with van der Waals surface area (Å²) in [7, 11) is 1.62. The van der Waals surface area contributed by atoms with Gasteiger partial charge in [0, 0.05) is 83.2 Å². The smallest absolute Gasteiger partial charge is 0.151 e. The zero-order valence-corrected chi connectivity index (χ0v) is 17.1. The minimum Gasteiger partial charge on any atom is -0.265 e. The van der Waals surface area contributed by atoms with Crippen LogP contribution in [0, 0.1) is 0 Å². The van der Waals surface area contributed by atoms with E-state index in [9.17, 15) is 0 Å². The maximum Gasteiger partial charge on any atom is 0.151 e. The van der Waals surface area contributed by atoms with Gasteiger partial charge in [0.2, 0.25) is 0 Å². The molecule has 0 amide bonds. The quantitative estimate of drug-likeness (QED) is 0.290. The summed E-state index contributed by atoms with van der Waals surface area (Å²) >= 11 is 2.28. The van der Waals surface area contributed by atoms with Crippen LogP contribution >= 0.6 is 30.3 Å². The number of pyridine rings is 3. The number of rotatable bonds is 3. The Hall–Kier alpha value is -2.45. The average Bonchev–Trinajstić information content (AvgIpc) is 3.12. The van der Waals surface area contributed by atoms with Crippen molar-refractivity contribution >= 4 is 52.3 Å². The fourth-order valence-electron chi connectivity index (χ4n) is 3.40. The first kappa shape index (κ1) is 16.7. The molecular weight excluding hydrogens is 467 g/mol. The molecule has 0 N–H and O–H groups in total. The molecule has 0 spiro atoms. The van der Waals surface area contributed by atoms with Gasteiger partial charge in [0.1, 0.15) is 0 Å². The van der Waals surface area contributed by atoms with Gasteiger partial charge in [0.15, 0.2) is 5.65 Å². The Labute approximate surface area is 172 Å². The van der Waals surface area contributed by atoms with Crippen LogP contribution in [0.25, 0.3) is 44.2 Å². The molecule has 0 aliphatic heterocycles. The van der Waals surface area contributed by atoms with Gasteiger partial charge in [-0.05, 0) is 47.5 Å². The number of halogens is 1. The fourth-order valence-corrected chi connectivity index (χ4v) is 4.66. The minimum absolute atomic E-state index is 0.977. The van der Waals surface area contributed by atoms with Crippen LogP contribution in [0.1, 0.15) is 0 Å². The number of nitrogens with zero attached hydrogens (tertiary/aromatic N) is 4. The molecular formula is C21H13IN4S. The predicted molar refractivity (Wildman–Crippen MR) is 121 cm³/mol. The lowest BCUT2D eigenvalue weighted by molar-refractivity contribution is 1.27. The Balaban J connectivity index is 1.77. The summed E-state index contributed by atoms with van der Waals surface area (Å²) in [5.74, 6) is 0. The summed E-state index contributed by atoms with van der Waals surface area (Å²) in [6, 6.07) is 16.6. The second-order valence-electron chi connectivity index (χ2n) is 6.14. The lowest BCUT2D eigenvalue weighted by atomic mass is 9.98. The van der Waals surface area contributed by atoms with Crippen LogP contribution in [0.2, 0.25) is 0 Å². The third-order valence-corrected chi connectivity index (χ3v) is 6.33. The molecule has 4 aromatic heterocycles. The number of fused-ring (bicyclic) bond motifs is 2. The van der Waals surface area contributed by atoms with Crippen molar-refractivity contribution in [3.05, 3.63) is 79.5 Å². The van der Waals surface area contributed by atoms with Gasteiger partial charge in [-0.1, -0.05) is 12.1 Å². The average molecular weight is 480 g/mol. The van der Waals surface area contributed by atoms with Crippen molar-refractivity contribution < 1.29 is 0 Å². The lowest BCUT2D eigenvalue weighted by Gasteiger charge is -2.08. The largest absolute Gasteiger partial charge is 0.265 e. The molecule has 0 saturated carbocycles. The molecule has 5 aromatic rings. The van der Waals surface area contributed by atoms with Gasteiger partial charge in [-0.2, -0.15) is 0 Å². The number of hydrogen-bond donors (Lipinski definition) is 0. The molecule has 0 fully saturated rings. The van der Waals surface area contributed by atoms with Gasteiger partial charge < -0.3 is 0 Å². The summed E-state index contributed by atoms with van der Waals surface area (Å²) in [4.78, 5) is 13.4. The Kier molecular flexibility index (Phi) is 4.29. The highest BCUT2D eigenvalue weighted by atomic mass is 127. The zero-order valence-electron chi connectivity index (χ0n) is 14.1. The molecule has 27 heavy (non-hydrogen) atoms. The van der Waals surface area contributed by atoms with E-state index < -0.39 is 0 Å². The van der Waals surface area contributed by atoms with Crippen LogP contribution in [0.4, 0.5) is 0 Å². The molecule has 6 heteroatoms. The number of aromatic nitrogens is 4. The van der Waals surface area contributed by atoms with Gasteiger partial charge in [-0.3, -0.25) is 13.9 Å². The Morgan fingerprint density at radius 1 is 0.815 bits per heavy atom. The fraction of sp³-hybridized carbons (Fsp3) is 0. The first-order valence-corrected chi connectivity index (χ1v) is 11.7. The minimum atomic E-state index is 0.977. The molecule has 0 atom stereocenters. The first-order chi connectivity index (χ1) is 13.3. The summed E-state index contributed by atoms with van der Waals surface area (Å²) in [6.07, 6.45) is 9.52. The molecule has 0 saturated heterocycles. The number of hydrogen-bond acceptors (Lipinski definition) is 4. The third kappa shape index (κ3) is 2.89. The molecule has 4 heterocycles. The van der Waals surface area contributed by atoms with E-state index >= 15 is 0 Å². The second-order valence-corrected chi connectivity index (χ2v) is 7.86. The summed E-state index contributed by atoms with van der Waals surface area (Å²) < 4.78 is 2.10. The van der Waals surface area contributed by atoms with E-state index in [0.717, 1.165) is 38.6 Å². The maximum absolute atomic E-state index is 4.54. The SMILES string of the molecule is ISn1cc(-c2ccc3nccc(-c4cccnc4)c3c2)c2cccnc21. The summed E-state index contributed by atoms with van der Waals surface area (Å²) in [5, 5.41) is 2.27. The monoisotopic (exact) mass is 480 g/mol. The molecule has 0 unspecified atom stereocenters. The standard InChI is InChI=1S/C21H13IN4S/c22-27-26-13-19(17-4-2-9-25-21(17)26)14-5-6-20-18(11-14)16(7-10-24-20)15-3-1-8-23-12-15/h1-13H. The van der Waals surface area contributed by atoms with Crippen molar-refractivity contribution in [1.82, 2.24) is 18.9 Å². The molecule has 4 nitrogen and oxygen atoms in total. The molecule has 0 radical (unpaired) electrons. The lowest BCUT2D eigenvalue weighted by Crippen LogP contribution is -1.86. The summed E-state index contributed by atoms with van der Waals surface area (Å²) in [6.45, 7) is 0. The van der Waals surface area contributed by atoms with Crippen molar-refractivity contribution in [2.45, 2.75) is 0 Å². The normalized spacial score (nSPS) is 11.3. The van der Waals surface area contributed by atoms with Gasteiger partial charge in [-0.15, -0.1) is 0 Å². The van der Waals surface area contributed by atoms with E-state index in [1.807, 2.05) is 30.7 Å². The molecule has 130 valence electrons. The van der Waals surface area contributed by atoms with Crippen LogP contribution in [-0.4, -0.2) is 18.9 Å². The molecule has 0 aliphatic rings. The zero-order chi connectivity index (χ0) is 18.2. The Bertz CT molecular complexity index is 1270. The molecule has 5 rings (SSSR count). The highest BCUT2D eigenvalue weighted by Crippen LogP contribution is 2.36. The van der Waals surface area contributed by atoms with Crippen LogP contribution in [0.3, 0.4) is 0 Å². The van der Waals surface area contributed by atoms with Crippen molar-refractivity contribution in [3.8, 4) is 22.3 Å². The van der Waals surface area contributed by atoms with Gasteiger partial charge in [0.05, 0.1) is 5.52 Å². The van der Waals surface area contributed by atoms with Crippen LogP contribution in [-0.2, 0) is 0 Å². The van der Waals surface area contributed by atoms with E-state index in [1.54, 1.807) is 15.3 Å². The Morgan fingerprint density at radius 2 is 1.74 bits per heavy atom. The van der Waals surface area contributed by atoms with E-state index in [0.29, 0.717) is 0 Å². The highest BCUT2D eigenvalue weighted by molar-refractivity contribution is 14.2. The first-order valence-electron chi connectivity index (χ1n) is 8.40. The van der Waals surface area contributed by atoms with Crippen molar-refractivity contribution in [1.29, 1.82) is 0 Å². The number of benzene rings is 1.